The molecule has 5 nitrogen and oxygen atoms in total. The van der Waals surface area contributed by atoms with E-state index >= 15 is 0 Å². The van der Waals surface area contributed by atoms with Crippen LogP contribution in [0.1, 0.15) is 58.4 Å². The third-order valence-corrected chi connectivity index (χ3v) is 9.57. The van der Waals surface area contributed by atoms with Crippen molar-refractivity contribution in [3.05, 3.63) is 70.8 Å². The molecular weight excluding hydrogens is 529 g/mol. The zero-order chi connectivity index (χ0) is 28.3. The highest BCUT2D eigenvalue weighted by Gasteiger charge is 2.53. The van der Waals surface area contributed by atoms with Crippen LogP contribution in [0.3, 0.4) is 0 Å². The van der Waals surface area contributed by atoms with Crippen molar-refractivity contribution in [1.29, 1.82) is 0 Å². The molecule has 2 unspecified atom stereocenters. The SMILES string of the molecule is C=CC[C@@]1(C)C[C@H](c2cccc(Cl)c2)[C@@H](C2C=CC(Cl)=CC2C)N([C@@H](CC)CN2CCN(C(C)=O)CC2)C1=O. The van der Waals surface area contributed by atoms with Gasteiger partial charge in [0.05, 0.1) is 5.41 Å². The highest BCUT2D eigenvalue weighted by atomic mass is 35.5. The second-order valence-corrected chi connectivity index (χ2v) is 12.7. The Hall–Kier alpha value is -2.08. The summed E-state index contributed by atoms with van der Waals surface area (Å²) >= 11 is 12.9. The quantitative estimate of drug-likeness (QED) is 0.335. The molecule has 0 bridgehead atoms. The topological polar surface area (TPSA) is 43.9 Å². The number of piperazine rings is 1. The van der Waals surface area contributed by atoms with Gasteiger partial charge in [0.2, 0.25) is 11.8 Å². The zero-order valence-electron chi connectivity index (χ0n) is 23.8. The lowest BCUT2D eigenvalue weighted by Crippen LogP contribution is -2.64. The number of likely N-dealkylation sites (tertiary alicyclic amines) is 1. The highest BCUT2D eigenvalue weighted by molar-refractivity contribution is 6.31. The lowest BCUT2D eigenvalue weighted by molar-refractivity contribution is -0.157. The Morgan fingerprint density at radius 1 is 1.23 bits per heavy atom. The predicted octanol–water partition coefficient (Wildman–Crippen LogP) is 6.49. The Morgan fingerprint density at radius 3 is 2.54 bits per heavy atom. The van der Waals surface area contributed by atoms with Gasteiger partial charge in [0, 0.05) is 73.6 Å². The molecule has 0 saturated carbocycles. The Bertz CT molecular complexity index is 1130. The highest BCUT2D eigenvalue weighted by Crippen LogP contribution is 2.50. The van der Waals surface area contributed by atoms with Gasteiger partial charge < -0.3 is 9.80 Å². The number of carbonyl (C=O) groups is 2. The smallest absolute Gasteiger partial charge is 0.229 e. The number of halogens is 2. The number of allylic oxidation sites excluding steroid dienone is 4. The van der Waals surface area contributed by atoms with E-state index in [-0.39, 0.29) is 41.7 Å². The first-order chi connectivity index (χ1) is 18.6. The maximum Gasteiger partial charge on any atom is 0.229 e. The van der Waals surface area contributed by atoms with Gasteiger partial charge in [0.15, 0.2) is 0 Å². The second-order valence-electron chi connectivity index (χ2n) is 11.8. The number of amides is 2. The molecular formula is C32H43Cl2N3O2. The van der Waals surface area contributed by atoms with Crippen LogP contribution in [0.4, 0.5) is 0 Å². The van der Waals surface area contributed by atoms with E-state index in [4.69, 9.17) is 23.2 Å². The standard InChI is InChI=1S/C32H43Cl2N3O2/c1-6-13-32(5)20-29(24-9-8-10-25(33)19-24)30(28-12-11-26(34)18-22(28)3)37(31(32)39)27(7-2)21-35-14-16-36(17-15-35)23(4)38/h6,8-12,18-19,22,27-30H,1,7,13-17,20-21H2,2-5H3/t22?,27-,28?,29+,30+,32-/m0/s1. The number of benzene rings is 1. The average Bonchev–Trinajstić information content (AvgIpc) is 2.90. The van der Waals surface area contributed by atoms with E-state index in [9.17, 15) is 9.59 Å². The van der Waals surface area contributed by atoms with Gasteiger partial charge in [-0.05, 0) is 49.0 Å². The number of hydrogen-bond donors (Lipinski definition) is 0. The van der Waals surface area contributed by atoms with Crippen LogP contribution < -0.4 is 0 Å². The molecule has 212 valence electrons. The summed E-state index contributed by atoms with van der Waals surface area (Å²) in [7, 11) is 0. The lowest BCUT2D eigenvalue weighted by Gasteiger charge is -2.55. The predicted molar refractivity (Wildman–Crippen MR) is 161 cm³/mol. The Balaban J connectivity index is 1.76. The molecule has 3 aliphatic rings. The fourth-order valence-corrected chi connectivity index (χ4v) is 7.39. The van der Waals surface area contributed by atoms with Gasteiger partial charge in [-0.25, -0.2) is 0 Å². The number of carbonyl (C=O) groups excluding carboxylic acids is 2. The monoisotopic (exact) mass is 571 g/mol. The molecule has 7 heteroatoms. The van der Waals surface area contributed by atoms with Crippen molar-refractivity contribution in [2.75, 3.05) is 32.7 Å². The van der Waals surface area contributed by atoms with E-state index in [2.05, 4.69) is 61.4 Å². The summed E-state index contributed by atoms with van der Waals surface area (Å²) in [5.41, 5.74) is 0.618. The molecule has 1 aromatic rings. The first-order valence-corrected chi connectivity index (χ1v) is 15.1. The maximum atomic E-state index is 14.6. The number of piperidine rings is 1. The molecule has 2 aliphatic heterocycles. The van der Waals surface area contributed by atoms with E-state index in [0.717, 1.165) is 50.6 Å². The van der Waals surface area contributed by atoms with E-state index in [1.807, 2.05) is 29.2 Å². The van der Waals surface area contributed by atoms with Crippen LogP contribution in [0.2, 0.25) is 5.02 Å². The molecule has 1 aromatic carbocycles. The summed E-state index contributed by atoms with van der Waals surface area (Å²) in [6.45, 7) is 16.0. The largest absolute Gasteiger partial charge is 0.340 e. The molecule has 0 aromatic heterocycles. The summed E-state index contributed by atoms with van der Waals surface area (Å²) in [5, 5.41) is 1.46. The normalized spacial score (nSPS) is 30.7. The van der Waals surface area contributed by atoms with E-state index in [1.165, 1.54) is 5.56 Å². The van der Waals surface area contributed by atoms with Crippen LogP contribution in [0.15, 0.2) is 60.2 Å². The molecule has 39 heavy (non-hydrogen) atoms. The van der Waals surface area contributed by atoms with Gasteiger partial charge in [-0.1, -0.05) is 74.3 Å². The van der Waals surface area contributed by atoms with Crippen molar-refractivity contribution in [1.82, 2.24) is 14.7 Å². The van der Waals surface area contributed by atoms with Crippen molar-refractivity contribution in [2.45, 2.75) is 65.0 Å². The molecule has 0 N–H and O–H groups in total. The van der Waals surface area contributed by atoms with Crippen molar-refractivity contribution in [3.8, 4) is 0 Å². The Labute approximate surface area is 244 Å². The molecule has 2 fully saturated rings. The van der Waals surface area contributed by atoms with Crippen LogP contribution in [-0.4, -0.2) is 71.3 Å². The molecule has 2 heterocycles. The van der Waals surface area contributed by atoms with Crippen LogP contribution in [-0.2, 0) is 9.59 Å². The van der Waals surface area contributed by atoms with E-state index in [0.29, 0.717) is 11.4 Å². The summed E-state index contributed by atoms with van der Waals surface area (Å²) in [4.78, 5) is 33.1. The molecule has 2 amide bonds. The van der Waals surface area contributed by atoms with Crippen molar-refractivity contribution >= 4 is 35.0 Å². The fourth-order valence-electron chi connectivity index (χ4n) is 6.92. The second kappa shape index (κ2) is 12.6. The van der Waals surface area contributed by atoms with Gasteiger partial charge in [-0.15, -0.1) is 6.58 Å². The summed E-state index contributed by atoms with van der Waals surface area (Å²) in [5.74, 6) is 0.753. The van der Waals surface area contributed by atoms with E-state index < -0.39 is 5.41 Å². The van der Waals surface area contributed by atoms with Crippen molar-refractivity contribution in [3.63, 3.8) is 0 Å². The minimum absolute atomic E-state index is 0.0374. The minimum atomic E-state index is -0.554. The third kappa shape index (κ3) is 6.47. The molecule has 2 saturated heterocycles. The lowest BCUT2D eigenvalue weighted by atomic mass is 9.64. The number of hydrogen-bond acceptors (Lipinski definition) is 3. The first kappa shape index (κ1) is 29.9. The molecule has 4 rings (SSSR count). The molecule has 1 aliphatic carbocycles. The molecule has 0 radical (unpaired) electrons. The Morgan fingerprint density at radius 2 is 1.95 bits per heavy atom. The molecule has 6 atom stereocenters. The number of rotatable bonds is 8. The zero-order valence-corrected chi connectivity index (χ0v) is 25.3. The molecule has 0 spiro atoms. The summed E-state index contributed by atoms with van der Waals surface area (Å²) < 4.78 is 0. The van der Waals surface area contributed by atoms with E-state index in [1.54, 1.807) is 6.92 Å². The van der Waals surface area contributed by atoms with Crippen LogP contribution in [0.5, 0.6) is 0 Å². The summed E-state index contributed by atoms with van der Waals surface area (Å²) in [6.07, 6.45) is 10.4. The van der Waals surface area contributed by atoms with Gasteiger partial charge in [-0.3, -0.25) is 14.5 Å². The van der Waals surface area contributed by atoms with Crippen LogP contribution in [0.25, 0.3) is 0 Å². The van der Waals surface area contributed by atoms with Gasteiger partial charge in [0.25, 0.3) is 0 Å². The minimum Gasteiger partial charge on any atom is -0.340 e. The van der Waals surface area contributed by atoms with Gasteiger partial charge in [-0.2, -0.15) is 0 Å². The average molecular weight is 573 g/mol. The number of nitrogens with zero attached hydrogens (tertiary/aromatic N) is 3. The van der Waals surface area contributed by atoms with Crippen LogP contribution in [0, 0.1) is 17.3 Å². The van der Waals surface area contributed by atoms with Crippen molar-refractivity contribution in [2.24, 2.45) is 17.3 Å². The third-order valence-electron chi connectivity index (χ3n) is 9.08. The Kier molecular flexibility index (Phi) is 9.67. The van der Waals surface area contributed by atoms with Gasteiger partial charge in [0.1, 0.15) is 0 Å². The van der Waals surface area contributed by atoms with Crippen molar-refractivity contribution < 1.29 is 9.59 Å². The fraction of sp³-hybridized carbons (Fsp3) is 0.562. The summed E-state index contributed by atoms with van der Waals surface area (Å²) in [6, 6.07) is 8.17. The van der Waals surface area contributed by atoms with Crippen LogP contribution >= 0.6 is 23.2 Å². The van der Waals surface area contributed by atoms with Gasteiger partial charge >= 0.3 is 0 Å². The maximum absolute atomic E-state index is 14.6. The first-order valence-electron chi connectivity index (χ1n) is 14.3.